The Kier molecular flexibility index (Phi) is 5.85. The highest BCUT2D eigenvalue weighted by Gasteiger charge is 2.39. The molecule has 32 heavy (non-hydrogen) atoms. The number of rotatable bonds is 5. The molecule has 0 saturated carbocycles. The fraction of sp³-hybridized carbons (Fsp3) is 0.458. The van der Waals surface area contributed by atoms with E-state index in [2.05, 4.69) is 43.2 Å². The second-order valence-corrected chi connectivity index (χ2v) is 10.6. The first-order valence-electron chi connectivity index (χ1n) is 10.7. The Bertz CT molecular complexity index is 1170. The van der Waals surface area contributed by atoms with E-state index in [-0.39, 0.29) is 22.7 Å². The number of pyridine rings is 1. The van der Waals surface area contributed by atoms with Gasteiger partial charge in [0.05, 0.1) is 12.7 Å². The summed E-state index contributed by atoms with van der Waals surface area (Å²) in [7, 11) is 3.36. The minimum Gasteiger partial charge on any atom is -0.496 e. The van der Waals surface area contributed by atoms with Gasteiger partial charge >= 0.3 is 0 Å². The molecule has 8 heteroatoms. The van der Waals surface area contributed by atoms with Crippen molar-refractivity contribution in [2.24, 2.45) is 7.05 Å². The highest BCUT2D eigenvalue weighted by molar-refractivity contribution is 7.16. The summed E-state index contributed by atoms with van der Waals surface area (Å²) >= 11 is 1.42. The third-order valence-electron chi connectivity index (χ3n) is 5.70. The molecule has 3 aromatic rings. The number of nitrogens with zero attached hydrogens (tertiary/aromatic N) is 3. The van der Waals surface area contributed by atoms with E-state index in [4.69, 9.17) is 9.47 Å². The Morgan fingerprint density at radius 1 is 1.06 bits per heavy atom. The molecule has 2 aromatic heterocycles. The smallest absolute Gasteiger partial charge is 0.294 e. The van der Waals surface area contributed by atoms with Gasteiger partial charge in [-0.25, -0.2) is 0 Å². The van der Waals surface area contributed by atoms with Crippen LogP contribution in [0.1, 0.15) is 40.5 Å². The van der Waals surface area contributed by atoms with E-state index in [9.17, 15) is 4.79 Å². The van der Waals surface area contributed by atoms with Gasteiger partial charge in [0.25, 0.3) is 10.8 Å². The summed E-state index contributed by atoms with van der Waals surface area (Å²) in [6, 6.07) is 9.37. The predicted molar refractivity (Wildman–Crippen MR) is 128 cm³/mol. The summed E-state index contributed by atoms with van der Waals surface area (Å²) in [6.07, 6.45) is 3.64. The van der Waals surface area contributed by atoms with Crippen molar-refractivity contribution in [3.63, 3.8) is 0 Å². The third kappa shape index (κ3) is 4.86. The maximum Gasteiger partial charge on any atom is 0.294 e. The number of hydrogen-bond donors (Lipinski definition) is 1. The fourth-order valence-electron chi connectivity index (χ4n) is 4.60. The SMILES string of the molecule is COc1cc(-c2ccn(C)c(=O)c2)ccc1-c1nnc(OC2CC(C)(C)NC(C)(C)C2)s1. The Balaban J connectivity index is 1.57. The van der Waals surface area contributed by atoms with Crippen LogP contribution in [0.25, 0.3) is 21.7 Å². The van der Waals surface area contributed by atoms with Crippen LogP contribution in [0.3, 0.4) is 0 Å². The molecule has 0 unspecified atom stereocenters. The number of nitrogens with one attached hydrogen (secondary N) is 1. The maximum atomic E-state index is 12.0. The zero-order chi connectivity index (χ0) is 23.1. The second kappa shape index (κ2) is 8.33. The third-order valence-corrected chi connectivity index (χ3v) is 6.54. The van der Waals surface area contributed by atoms with Gasteiger partial charge in [0.1, 0.15) is 11.9 Å². The molecule has 4 rings (SSSR count). The molecule has 1 aromatic carbocycles. The van der Waals surface area contributed by atoms with Gasteiger partial charge in [-0.2, -0.15) is 0 Å². The zero-order valence-corrected chi connectivity index (χ0v) is 20.2. The number of benzene rings is 1. The van der Waals surface area contributed by atoms with Crippen molar-refractivity contribution in [3.05, 3.63) is 46.9 Å². The molecule has 0 bridgehead atoms. The van der Waals surface area contributed by atoms with E-state index in [1.54, 1.807) is 31.0 Å². The van der Waals surface area contributed by atoms with Crippen LogP contribution in [0.2, 0.25) is 0 Å². The van der Waals surface area contributed by atoms with E-state index < -0.39 is 0 Å². The monoisotopic (exact) mass is 454 g/mol. The summed E-state index contributed by atoms with van der Waals surface area (Å²) in [6.45, 7) is 8.80. The molecule has 0 radical (unpaired) electrons. The van der Waals surface area contributed by atoms with Crippen LogP contribution in [0.15, 0.2) is 41.3 Å². The van der Waals surface area contributed by atoms with Crippen LogP contribution in [-0.2, 0) is 7.05 Å². The molecule has 1 fully saturated rings. The standard InChI is InChI=1S/C24H30N4O3S/c1-23(2)13-17(14-24(3,4)27-23)31-22-26-25-21(32-22)18-8-7-15(11-19(18)30-6)16-9-10-28(5)20(29)12-16/h7-12,17,27H,13-14H2,1-6H3. The molecule has 0 atom stereocenters. The van der Waals surface area contributed by atoms with Crippen LogP contribution in [0, 0.1) is 0 Å². The molecule has 0 amide bonds. The first-order valence-corrected chi connectivity index (χ1v) is 11.5. The minimum atomic E-state index is -0.0549. The van der Waals surface area contributed by atoms with Crippen molar-refractivity contribution < 1.29 is 9.47 Å². The molecular weight excluding hydrogens is 424 g/mol. The van der Waals surface area contributed by atoms with Gasteiger partial charge in [0, 0.05) is 43.2 Å². The van der Waals surface area contributed by atoms with Crippen molar-refractivity contribution in [1.82, 2.24) is 20.1 Å². The summed E-state index contributed by atoms with van der Waals surface area (Å²) in [5.74, 6) is 0.676. The summed E-state index contributed by atoms with van der Waals surface area (Å²) in [4.78, 5) is 12.0. The average molecular weight is 455 g/mol. The van der Waals surface area contributed by atoms with Crippen molar-refractivity contribution >= 4 is 11.3 Å². The van der Waals surface area contributed by atoms with Crippen LogP contribution in [0.4, 0.5) is 0 Å². The lowest BCUT2D eigenvalue weighted by atomic mass is 9.81. The molecule has 0 aliphatic carbocycles. The summed E-state index contributed by atoms with van der Waals surface area (Å²) < 4.78 is 13.4. The molecule has 3 heterocycles. The number of hydrogen-bond acceptors (Lipinski definition) is 7. The number of methoxy groups -OCH3 is 1. The average Bonchev–Trinajstić information content (AvgIpc) is 3.15. The zero-order valence-electron chi connectivity index (χ0n) is 19.4. The lowest BCUT2D eigenvalue weighted by Crippen LogP contribution is -2.60. The van der Waals surface area contributed by atoms with E-state index in [0.717, 1.165) is 34.5 Å². The van der Waals surface area contributed by atoms with Crippen LogP contribution < -0.4 is 20.3 Å². The quantitative estimate of drug-likeness (QED) is 0.620. The maximum absolute atomic E-state index is 12.0. The van der Waals surface area contributed by atoms with Crippen LogP contribution >= 0.6 is 11.3 Å². The first kappa shape index (κ1) is 22.5. The second-order valence-electron chi connectivity index (χ2n) is 9.69. The lowest BCUT2D eigenvalue weighted by Gasteiger charge is -2.45. The highest BCUT2D eigenvalue weighted by atomic mass is 32.1. The molecule has 7 nitrogen and oxygen atoms in total. The summed E-state index contributed by atoms with van der Waals surface area (Å²) in [5.41, 5.74) is 2.53. The number of aromatic nitrogens is 3. The summed E-state index contributed by atoms with van der Waals surface area (Å²) in [5, 5.41) is 13.6. The molecule has 1 N–H and O–H groups in total. The van der Waals surface area contributed by atoms with E-state index in [1.807, 2.05) is 24.3 Å². The van der Waals surface area contributed by atoms with Crippen molar-refractivity contribution in [1.29, 1.82) is 0 Å². The van der Waals surface area contributed by atoms with Crippen molar-refractivity contribution in [2.75, 3.05) is 7.11 Å². The number of piperidine rings is 1. The van der Waals surface area contributed by atoms with Gasteiger partial charge < -0.3 is 19.4 Å². The van der Waals surface area contributed by atoms with Crippen molar-refractivity contribution in [2.45, 2.75) is 57.7 Å². The first-order chi connectivity index (χ1) is 15.0. The molecule has 1 saturated heterocycles. The molecule has 0 spiro atoms. The van der Waals surface area contributed by atoms with Gasteiger partial charge in [-0.3, -0.25) is 4.79 Å². The lowest BCUT2D eigenvalue weighted by molar-refractivity contribution is 0.0553. The van der Waals surface area contributed by atoms with Gasteiger partial charge in [-0.15, -0.1) is 5.10 Å². The van der Waals surface area contributed by atoms with Gasteiger partial charge in [-0.1, -0.05) is 22.5 Å². The van der Waals surface area contributed by atoms with Crippen LogP contribution in [-0.4, -0.2) is 39.1 Å². The fourth-order valence-corrected chi connectivity index (χ4v) is 5.39. The molecule has 1 aliphatic heterocycles. The largest absolute Gasteiger partial charge is 0.496 e. The van der Waals surface area contributed by atoms with Gasteiger partial charge in [0.2, 0.25) is 0 Å². The highest BCUT2D eigenvalue weighted by Crippen LogP contribution is 2.38. The Morgan fingerprint density at radius 3 is 2.41 bits per heavy atom. The van der Waals surface area contributed by atoms with E-state index >= 15 is 0 Å². The predicted octanol–water partition coefficient (Wildman–Crippen LogP) is 4.27. The Hall–Kier alpha value is -2.71. The number of aryl methyl sites for hydroxylation is 1. The topological polar surface area (TPSA) is 78.3 Å². The molecule has 170 valence electrons. The minimum absolute atomic E-state index is 0.00255. The van der Waals surface area contributed by atoms with E-state index in [0.29, 0.717) is 10.9 Å². The van der Waals surface area contributed by atoms with Gasteiger partial charge in [0.15, 0.2) is 5.01 Å². The molecule has 1 aliphatic rings. The normalized spacial score (nSPS) is 17.8. The van der Waals surface area contributed by atoms with E-state index in [1.165, 1.54) is 11.3 Å². The Labute approximate surface area is 192 Å². The Morgan fingerprint density at radius 2 is 1.75 bits per heavy atom. The number of ether oxygens (including phenoxy) is 2. The van der Waals surface area contributed by atoms with Gasteiger partial charge in [-0.05, 0) is 57.0 Å². The van der Waals surface area contributed by atoms with Crippen molar-refractivity contribution in [3.8, 4) is 32.6 Å². The molecular formula is C24H30N4O3S. The van der Waals surface area contributed by atoms with Crippen LogP contribution in [0.5, 0.6) is 10.9 Å².